The second-order valence-corrected chi connectivity index (χ2v) is 2.80. The lowest BCUT2D eigenvalue weighted by molar-refractivity contribution is 0.930. The summed E-state index contributed by atoms with van der Waals surface area (Å²) in [6.07, 6.45) is 1.63. The van der Waals surface area contributed by atoms with Gasteiger partial charge in [0, 0.05) is 6.20 Å². The molecule has 0 N–H and O–H groups in total. The van der Waals surface area contributed by atoms with Crippen LogP contribution in [0, 0.1) is 0 Å². The minimum Gasteiger partial charge on any atom is -0.255 e. The van der Waals surface area contributed by atoms with E-state index in [-0.39, 0.29) is 12.1 Å². The van der Waals surface area contributed by atoms with E-state index in [0.717, 1.165) is 5.57 Å². The van der Waals surface area contributed by atoms with Crippen LogP contribution in [-0.2, 0) is 0 Å². The fraction of sp³-hybridized carbons (Fsp3) is 0.125. The van der Waals surface area contributed by atoms with Crippen molar-refractivity contribution in [3.05, 3.63) is 30.6 Å². The van der Waals surface area contributed by atoms with Gasteiger partial charge in [0.05, 0.1) is 22.7 Å². The van der Waals surface area contributed by atoms with Gasteiger partial charge in [0.25, 0.3) is 0 Å². The first-order valence-corrected chi connectivity index (χ1v) is 3.87. The van der Waals surface area contributed by atoms with Crippen molar-refractivity contribution >= 4 is 17.7 Å². The standard InChI is InChI=1S/C8H8FNS/c1-6(2)8-7(11-9)4-3-5-10-8/h3-5H,1H2,2H3. The smallest absolute Gasteiger partial charge is 0.0835 e. The van der Waals surface area contributed by atoms with Crippen LogP contribution in [0.3, 0.4) is 0 Å². The highest BCUT2D eigenvalue weighted by atomic mass is 32.2. The molecule has 0 aliphatic rings. The predicted octanol–water partition coefficient (Wildman–Crippen LogP) is 3.09. The molecule has 0 aliphatic heterocycles. The number of allylic oxidation sites excluding steroid dienone is 1. The number of hydrogen-bond donors (Lipinski definition) is 0. The summed E-state index contributed by atoms with van der Waals surface area (Å²) >= 11 is 0.200. The topological polar surface area (TPSA) is 12.9 Å². The minimum atomic E-state index is 0.200. The van der Waals surface area contributed by atoms with Gasteiger partial charge in [-0.15, -0.1) is 0 Å². The van der Waals surface area contributed by atoms with Crippen molar-refractivity contribution in [1.82, 2.24) is 4.98 Å². The molecule has 1 heterocycles. The summed E-state index contributed by atoms with van der Waals surface area (Å²) in [5.41, 5.74) is 1.42. The van der Waals surface area contributed by atoms with E-state index in [2.05, 4.69) is 11.6 Å². The maximum absolute atomic E-state index is 12.2. The third kappa shape index (κ3) is 1.80. The van der Waals surface area contributed by atoms with Gasteiger partial charge < -0.3 is 0 Å². The van der Waals surface area contributed by atoms with E-state index in [1.165, 1.54) is 0 Å². The van der Waals surface area contributed by atoms with Crippen LogP contribution < -0.4 is 0 Å². The summed E-state index contributed by atoms with van der Waals surface area (Å²) < 4.78 is 12.2. The van der Waals surface area contributed by atoms with Crippen LogP contribution in [0.25, 0.3) is 5.57 Å². The monoisotopic (exact) mass is 169 g/mol. The zero-order valence-corrected chi connectivity index (χ0v) is 6.99. The van der Waals surface area contributed by atoms with E-state index in [4.69, 9.17) is 0 Å². The minimum absolute atomic E-state index is 0.200. The molecule has 0 fully saturated rings. The normalized spacial score (nSPS) is 9.64. The molecule has 0 aliphatic carbocycles. The molecule has 1 rings (SSSR count). The number of rotatable bonds is 2. The SMILES string of the molecule is C=C(C)c1ncccc1SF. The van der Waals surface area contributed by atoms with E-state index in [1.807, 2.05) is 6.92 Å². The fourth-order valence-electron chi connectivity index (χ4n) is 0.773. The maximum atomic E-state index is 12.2. The van der Waals surface area contributed by atoms with Gasteiger partial charge in [0.15, 0.2) is 0 Å². The third-order valence-electron chi connectivity index (χ3n) is 1.26. The number of nitrogens with zero attached hydrogens (tertiary/aromatic N) is 1. The van der Waals surface area contributed by atoms with Crippen LogP contribution >= 0.6 is 12.1 Å². The highest BCUT2D eigenvalue weighted by Crippen LogP contribution is 2.25. The number of hydrogen-bond acceptors (Lipinski definition) is 2. The van der Waals surface area contributed by atoms with Gasteiger partial charge in [0.2, 0.25) is 0 Å². The van der Waals surface area contributed by atoms with Crippen molar-refractivity contribution < 1.29 is 3.89 Å². The van der Waals surface area contributed by atoms with Crippen LogP contribution in [0.5, 0.6) is 0 Å². The van der Waals surface area contributed by atoms with E-state index < -0.39 is 0 Å². The van der Waals surface area contributed by atoms with E-state index in [1.54, 1.807) is 18.3 Å². The molecule has 0 radical (unpaired) electrons. The first-order chi connectivity index (χ1) is 5.25. The summed E-state index contributed by atoms with van der Waals surface area (Å²) in [7, 11) is 0. The molecule has 0 saturated carbocycles. The van der Waals surface area contributed by atoms with Crippen molar-refractivity contribution in [2.75, 3.05) is 0 Å². The van der Waals surface area contributed by atoms with Crippen molar-refractivity contribution in [3.8, 4) is 0 Å². The predicted molar refractivity (Wildman–Crippen MR) is 45.9 cm³/mol. The summed E-state index contributed by atoms with van der Waals surface area (Å²) in [5, 5.41) is 0. The Balaban J connectivity index is 3.12. The van der Waals surface area contributed by atoms with Crippen molar-refractivity contribution in [3.63, 3.8) is 0 Å². The molecule has 1 aromatic heterocycles. The van der Waals surface area contributed by atoms with E-state index in [9.17, 15) is 3.89 Å². The molecular formula is C8H8FNS. The molecule has 3 heteroatoms. The third-order valence-corrected chi connectivity index (χ3v) is 1.75. The Morgan fingerprint density at radius 2 is 2.45 bits per heavy atom. The fourth-order valence-corrected chi connectivity index (χ4v) is 1.20. The van der Waals surface area contributed by atoms with Crippen molar-refractivity contribution in [1.29, 1.82) is 0 Å². The summed E-state index contributed by atoms with van der Waals surface area (Å²) in [4.78, 5) is 4.52. The summed E-state index contributed by atoms with van der Waals surface area (Å²) in [6, 6.07) is 3.38. The zero-order valence-electron chi connectivity index (χ0n) is 6.17. The molecule has 58 valence electrons. The van der Waals surface area contributed by atoms with Gasteiger partial charge in [-0.25, -0.2) is 0 Å². The molecule has 1 nitrogen and oxygen atoms in total. The molecule has 0 spiro atoms. The van der Waals surface area contributed by atoms with Crippen LogP contribution in [-0.4, -0.2) is 4.98 Å². The van der Waals surface area contributed by atoms with Gasteiger partial charge in [-0.05, 0) is 24.6 Å². The van der Waals surface area contributed by atoms with Crippen LogP contribution in [0.4, 0.5) is 3.89 Å². The average molecular weight is 169 g/mol. The zero-order chi connectivity index (χ0) is 8.27. The Morgan fingerprint density at radius 3 is 2.91 bits per heavy atom. The van der Waals surface area contributed by atoms with Crippen LogP contribution in [0.2, 0.25) is 0 Å². The number of halogens is 1. The van der Waals surface area contributed by atoms with Crippen molar-refractivity contribution in [2.45, 2.75) is 11.8 Å². The highest BCUT2D eigenvalue weighted by molar-refractivity contribution is 7.94. The maximum Gasteiger partial charge on any atom is 0.0835 e. The largest absolute Gasteiger partial charge is 0.255 e. The second-order valence-electron chi connectivity index (χ2n) is 2.21. The van der Waals surface area contributed by atoms with E-state index >= 15 is 0 Å². The number of aromatic nitrogens is 1. The lowest BCUT2D eigenvalue weighted by atomic mass is 10.2. The van der Waals surface area contributed by atoms with Crippen LogP contribution in [0.15, 0.2) is 29.8 Å². The quantitative estimate of drug-likeness (QED) is 0.674. The Labute approximate surface area is 69.6 Å². The first-order valence-electron chi connectivity index (χ1n) is 3.15. The molecule has 1 aromatic rings. The molecule has 0 atom stereocenters. The average Bonchev–Trinajstić information content (AvgIpc) is 2.04. The Hall–Kier alpha value is -0.830. The van der Waals surface area contributed by atoms with Gasteiger partial charge >= 0.3 is 0 Å². The molecule has 0 unspecified atom stereocenters. The number of pyridine rings is 1. The lowest BCUT2D eigenvalue weighted by Gasteiger charge is -2.00. The summed E-state index contributed by atoms with van der Waals surface area (Å²) in [5.74, 6) is 0. The second kappa shape index (κ2) is 3.53. The van der Waals surface area contributed by atoms with Gasteiger partial charge in [-0.1, -0.05) is 6.58 Å². The Bertz CT molecular complexity index is 273. The molecular weight excluding hydrogens is 161 g/mol. The molecule has 0 saturated heterocycles. The molecule has 0 amide bonds. The molecule has 0 aromatic carbocycles. The summed E-state index contributed by atoms with van der Waals surface area (Å²) in [6.45, 7) is 5.50. The van der Waals surface area contributed by atoms with Gasteiger partial charge in [-0.2, -0.15) is 3.89 Å². The Kier molecular flexibility index (Phi) is 2.65. The highest BCUT2D eigenvalue weighted by Gasteiger charge is 2.03. The first kappa shape index (κ1) is 8.27. The lowest BCUT2D eigenvalue weighted by Crippen LogP contribution is -1.86. The van der Waals surface area contributed by atoms with Crippen molar-refractivity contribution in [2.24, 2.45) is 0 Å². The molecule has 11 heavy (non-hydrogen) atoms. The van der Waals surface area contributed by atoms with Crippen LogP contribution in [0.1, 0.15) is 12.6 Å². The van der Waals surface area contributed by atoms with Gasteiger partial charge in [-0.3, -0.25) is 4.98 Å². The van der Waals surface area contributed by atoms with E-state index in [0.29, 0.717) is 10.6 Å². The molecule has 0 bridgehead atoms. The van der Waals surface area contributed by atoms with Gasteiger partial charge in [0.1, 0.15) is 0 Å². The Morgan fingerprint density at radius 1 is 1.73 bits per heavy atom.